The van der Waals surface area contributed by atoms with Gasteiger partial charge in [-0.05, 0) is 25.5 Å². The van der Waals surface area contributed by atoms with E-state index < -0.39 is 0 Å². The van der Waals surface area contributed by atoms with E-state index in [4.69, 9.17) is 21.7 Å². The highest BCUT2D eigenvalue weighted by molar-refractivity contribution is 8.22. The minimum atomic E-state index is 0.00778. The Hall–Kier alpha value is 0.160. The lowest BCUT2D eigenvalue weighted by molar-refractivity contribution is -0.160. The molecule has 0 aromatic carbocycles. The molecule has 1 fully saturated rings. The van der Waals surface area contributed by atoms with Crippen molar-refractivity contribution >= 4 is 28.3 Å². The molecule has 0 radical (unpaired) electrons. The topological polar surface area (TPSA) is 30.5 Å². The van der Waals surface area contributed by atoms with E-state index in [9.17, 15) is 0 Å². The second-order valence-electron chi connectivity index (χ2n) is 3.09. The summed E-state index contributed by atoms with van der Waals surface area (Å²) in [5, 5.41) is 3.09. The largest absolute Gasteiger partial charge is 0.369 e. The molecule has 1 aliphatic heterocycles. The Kier molecular flexibility index (Phi) is 6.51. The van der Waals surface area contributed by atoms with Crippen molar-refractivity contribution in [3.8, 4) is 0 Å². The van der Waals surface area contributed by atoms with Crippen LogP contribution in [0.1, 0.15) is 19.3 Å². The molecule has 1 atom stereocenters. The molecule has 1 heterocycles. The molecule has 82 valence electrons. The minimum absolute atomic E-state index is 0.00778. The van der Waals surface area contributed by atoms with Crippen LogP contribution in [0.2, 0.25) is 0 Å². The molecule has 1 unspecified atom stereocenters. The standard InChI is InChI=1S/C9H17NO2S2/c1-14-9(13)10-5-7-12-8-4-2-3-6-11-8/h8H,2-7H2,1H3,(H,10,13). The first-order valence-corrected chi connectivity index (χ1v) is 6.51. The maximum absolute atomic E-state index is 5.52. The van der Waals surface area contributed by atoms with Crippen LogP contribution in [0.3, 0.4) is 0 Å². The molecule has 0 spiro atoms. The Morgan fingerprint density at radius 1 is 1.64 bits per heavy atom. The molecule has 1 saturated heterocycles. The quantitative estimate of drug-likeness (QED) is 0.593. The molecular formula is C9H17NO2S2. The van der Waals surface area contributed by atoms with Gasteiger partial charge in [0.25, 0.3) is 0 Å². The summed E-state index contributed by atoms with van der Waals surface area (Å²) in [7, 11) is 0. The molecule has 0 aromatic heterocycles. The molecular weight excluding hydrogens is 218 g/mol. The zero-order valence-electron chi connectivity index (χ0n) is 8.45. The van der Waals surface area contributed by atoms with Crippen LogP contribution in [-0.2, 0) is 9.47 Å². The fraction of sp³-hybridized carbons (Fsp3) is 0.889. The van der Waals surface area contributed by atoms with Crippen molar-refractivity contribution in [2.45, 2.75) is 25.6 Å². The Morgan fingerprint density at radius 3 is 3.14 bits per heavy atom. The maximum Gasteiger partial charge on any atom is 0.157 e. The van der Waals surface area contributed by atoms with Crippen molar-refractivity contribution in [1.82, 2.24) is 5.32 Å². The van der Waals surface area contributed by atoms with Crippen molar-refractivity contribution in [3.63, 3.8) is 0 Å². The van der Waals surface area contributed by atoms with Crippen LogP contribution >= 0.6 is 24.0 Å². The summed E-state index contributed by atoms with van der Waals surface area (Å²) in [5.41, 5.74) is 0. The Bertz CT molecular complexity index is 172. The highest BCUT2D eigenvalue weighted by Gasteiger charge is 2.13. The lowest BCUT2D eigenvalue weighted by Crippen LogP contribution is -2.28. The normalized spacial score (nSPS) is 21.9. The van der Waals surface area contributed by atoms with Crippen LogP contribution in [0, 0.1) is 0 Å². The van der Waals surface area contributed by atoms with E-state index in [0.717, 1.165) is 30.3 Å². The molecule has 0 bridgehead atoms. The third-order valence-corrected chi connectivity index (χ3v) is 3.16. The fourth-order valence-corrected chi connectivity index (χ4v) is 1.61. The molecule has 1 aliphatic rings. The monoisotopic (exact) mass is 235 g/mol. The number of nitrogens with one attached hydrogen (secondary N) is 1. The molecule has 0 amide bonds. The van der Waals surface area contributed by atoms with Crippen LogP contribution in [0.4, 0.5) is 0 Å². The Balaban J connectivity index is 1.94. The third kappa shape index (κ3) is 5.14. The van der Waals surface area contributed by atoms with Gasteiger partial charge >= 0.3 is 0 Å². The molecule has 0 aromatic rings. The van der Waals surface area contributed by atoms with E-state index in [2.05, 4.69) is 5.32 Å². The summed E-state index contributed by atoms with van der Waals surface area (Å²) < 4.78 is 11.8. The summed E-state index contributed by atoms with van der Waals surface area (Å²) in [6, 6.07) is 0. The van der Waals surface area contributed by atoms with Gasteiger partial charge in [0.1, 0.15) is 4.32 Å². The van der Waals surface area contributed by atoms with Gasteiger partial charge in [-0.25, -0.2) is 0 Å². The summed E-state index contributed by atoms with van der Waals surface area (Å²) in [5.74, 6) is 0. The van der Waals surface area contributed by atoms with Gasteiger partial charge in [-0.3, -0.25) is 0 Å². The van der Waals surface area contributed by atoms with Gasteiger partial charge in [-0.1, -0.05) is 12.2 Å². The highest BCUT2D eigenvalue weighted by atomic mass is 32.2. The number of thiocarbonyl (C=S) groups is 1. The van der Waals surface area contributed by atoms with Crippen LogP contribution in [0.25, 0.3) is 0 Å². The fourth-order valence-electron chi connectivity index (χ4n) is 1.26. The van der Waals surface area contributed by atoms with E-state index in [0.29, 0.717) is 6.61 Å². The summed E-state index contributed by atoms with van der Waals surface area (Å²) in [4.78, 5) is 0. The van der Waals surface area contributed by atoms with Crippen molar-refractivity contribution in [1.29, 1.82) is 0 Å². The molecule has 5 heteroatoms. The summed E-state index contributed by atoms with van der Waals surface area (Å²) in [6.07, 6.45) is 5.36. The van der Waals surface area contributed by atoms with Gasteiger partial charge in [-0.15, -0.1) is 11.8 Å². The van der Waals surface area contributed by atoms with Crippen molar-refractivity contribution in [2.24, 2.45) is 0 Å². The number of hydrogen-bond acceptors (Lipinski definition) is 4. The average Bonchev–Trinajstić information content (AvgIpc) is 2.25. The van der Waals surface area contributed by atoms with Crippen molar-refractivity contribution in [3.05, 3.63) is 0 Å². The molecule has 14 heavy (non-hydrogen) atoms. The summed E-state index contributed by atoms with van der Waals surface area (Å²) >= 11 is 6.53. The molecule has 1 N–H and O–H groups in total. The Morgan fingerprint density at radius 2 is 2.50 bits per heavy atom. The zero-order chi connectivity index (χ0) is 10.2. The van der Waals surface area contributed by atoms with Crippen LogP contribution in [0.5, 0.6) is 0 Å². The van der Waals surface area contributed by atoms with E-state index >= 15 is 0 Å². The van der Waals surface area contributed by atoms with Crippen LogP contribution in [-0.4, -0.2) is 36.6 Å². The smallest absolute Gasteiger partial charge is 0.157 e. The Labute approximate surface area is 94.9 Å². The van der Waals surface area contributed by atoms with Crippen LogP contribution in [0.15, 0.2) is 0 Å². The molecule has 3 nitrogen and oxygen atoms in total. The lowest BCUT2D eigenvalue weighted by Gasteiger charge is -2.22. The number of rotatable bonds is 4. The van der Waals surface area contributed by atoms with Crippen LogP contribution < -0.4 is 5.32 Å². The number of hydrogen-bond donors (Lipinski definition) is 1. The molecule has 0 aliphatic carbocycles. The van der Waals surface area contributed by atoms with Gasteiger partial charge in [0.2, 0.25) is 0 Å². The van der Waals surface area contributed by atoms with E-state index in [1.54, 1.807) is 11.8 Å². The van der Waals surface area contributed by atoms with Gasteiger partial charge in [0.15, 0.2) is 6.29 Å². The van der Waals surface area contributed by atoms with E-state index in [-0.39, 0.29) is 6.29 Å². The maximum atomic E-state index is 5.52. The van der Waals surface area contributed by atoms with Gasteiger partial charge in [0, 0.05) is 13.2 Å². The molecule has 1 rings (SSSR count). The number of ether oxygens (including phenoxy) is 2. The van der Waals surface area contributed by atoms with Gasteiger partial charge < -0.3 is 14.8 Å². The van der Waals surface area contributed by atoms with Gasteiger partial charge in [-0.2, -0.15) is 0 Å². The van der Waals surface area contributed by atoms with Crippen molar-refractivity contribution in [2.75, 3.05) is 26.0 Å². The van der Waals surface area contributed by atoms with E-state index in [1.807, 2.05) is 6.26 Å². The van der Waals surface area contributed by atoms with E-state index in [1.165, 1.54) is 6.42 Å². The second kappa shape index (κ2) is 7.45. The predicted molar refractivity (Wildman–Crippen MR) is 63.7 cm³/mol. The SMILES string of the molecule is CSC(=S)NCCOC1CCCCO1. The predicted octanol–water partition coefficient (Wildman–Crippen LogP) is 1.77. The first kappa shape index (κ1) is 12.2. The minimum Gasteiger partial charge on any atom is -0.369 e. The lowest BCUT2D eigenvalue weighted by atomic mass is 10.2. The number of thioether (sulfide) groups is 1. The zero-order valence-corrected chi connectivity index (χ0v) is 10.1. The average molecular weight is 235 g/mol. The second-order valence-corrected chi connectivity index (χ2v) is 4.57. The molecule has 0 saturated carbocycles. The highest BCUT2D eigenvalue weighted by Crippen LogP contribution is 2.13. The first-order valence-electron chi connectivity index (χ1n) is 4.88. The van der Waals surface area contributed by atoms with Crippen molar-refractivity contribution < 1.29 is 9.47 Å². The van der Waals surface area contributed by atoms with Gasteiger partial charge in [0.05, 0.1) is 6.61 Å². The first-order chi connectivity index (χ1) is 6.83. The summed E-state index contributed by atoms with van der Waals surface area (Å²) in [6.45, 7) is 2.26. The third-order valence-electron chi connectivity index (χ3n) is 2.00.